The fourth-order valence-corrected chi connectivity index (χ4v) is 2.35. The summed E-state index contributed by atoms with van der Waals surface area (Å²) >= 11 is 0. The van der Waals surface area contributed by atoms with Crippen LogP contribution in [0.4, 0.5) is 0 Å². The Kier molecular flexibility index (Phi) is 3.44. The number of furan rings is 1. The van der Waals surface area contributed by atoms with Crippen LogP contribution in [0.15, 0.2) is 53.2 Å². The molecule has 0 saturated heterocycles. The van der Waals surface area contributed by atoms with E-state index < -0.39 is 5.97 Å². The molecule has 4 heteroatoms. The summed E-state index contributed by atoms with van der Waals surface area (Å²) in [6.45, 7) is 2.50. The second-order valence-electron chi connectivity index (χ2n) is 4.93. The van der Waals surface area contributed by atoms with Crippen molar-refractivity contribution in [3.8, 4) is 0 Å². The fraction of sp³-hybridized carbons (Fsp3) is 0.176. The van der Waals surface area contributed by atoms with E-state index >= 15 is 0 Å². The Morgan fingerprint density at radius 2 is 2.00 bits per heavy atom. The van der Waals surface area contributed by atoms with E-state index in [2.05, 4.69) is 33.7 Å². The molecule has 0 fully saturated rings. The number of benzene rings is 1. The SMILES string of the molecule is COC(=O)c1cc(C[n+]2ccc3ccccc3c2)c(C)o1. The summed E-state index contributed by atoms with van der Waals surface area (Å²) in [6, 6.07) is 12.0. The highest BCUT2D eigenvalue weighted by Crippen LogP contribution is 2.16. The molecule has 2 heterocycles. The van der Waals surface area contributed by atoms with E-state index in [1.807, 2.05) is 25.3 Å². The second kappa shape index (κ2) is 5.40. The van der Waals surface area contributed by atoms with Gasteiger partial charge in [-0.15, -0.1) is 0 Å². The average Bonchev–Trinajstić information content (AvgIpc) is 2.87. The number of carbonyl (C=O) groups excluding carboxylic acids is 1. The highest BCUT2D eigenvalue weighted by atomic mass is 16.5. The molecule has 0 radical (unpaired) electrons. The molecule has 0 atom stereocenters. The lowest BCUT2D eigenvalue weighted by atomic mass is 10.2. The number of hydrogen-bond donors (Lipinski definition) is 0. The Bertz CT molecular complexity index is 805. The van der Waals surface area contributed by atoms with Crippen LogP contribution in [0.5, 0.6) is 0 Å². The van der Waals surface area contributed by atoms with Gasteiger partial charge >= 0.3 is 5.97 Å². The summed E-state index contributed by atoms with van der Waals surface area (Å²) in [5.41, 5.74) is 0.968. The van der Waals surface area contributed by atoms with Crippen molar-refractivity contribution in [2.45, 2.75) is 13.5 Å². The predicted octanol–water partition coefficient (Wildman–Crippen LogP) is 2.86. The van der Waals surface area contributed by atoms with Crippen molar-refractivity contribution >= 4 is 16.7 Å². The van der Waals surface area contributed by atoms with Gasteiger partial charge in [0.05, 0.1) is 12.7 Å². The fourth-order valence-electron chi connectivity index (χ4n) is 2.35. The molecule has 4 nitrogen and oxygen atoms in total. The lowest BCUT2D eigenvalue weighted by molar-refractivity contribution is -0.687. The van der Waals surface area contributed by atoms with Crippen LogP contribution in [0.25, 0.3) is 10.8 Å². The number of fused-ring (bicyclic) bond motifs is 1. The molecule has 0 bridgehead atoms. The van der Waals surface area contributed by atoms with Gasteiger partial charge in [0.1, 0.15) is 5.76 Å². The van der Waals surface area contributed by atoms with Gasteiger partial charge in [-0.3, -0.25) is 0 Å². The Labute approximate surface area is 122 Å². The summed E-state index contributed by atoms with van der Waals surface area (Å²) in [5, 5.41) is 2.38. The van der Waals surface area contributed by atoms with Crippen LogP contribution < -0.4 is 4.57 Å². The number of aryl methyl sites for hydroxylation is 1. The molecule has 0 aliphatic rings. The third kappa shape index (κ3) is 2.65. The van der Waals surface area contributed by atoms with Gasteiger partial charge in [0.25, 0.3) is 0 Å². The van der Waals surface area contributed by atoms with Crippen molar-refractivity contribution in [1.82, 2.24) is 0 Å². The van der Waals surface area contributed by atoms with Gasteiger partial charge in [0, 0.05) is 17.5 Å². The third-order valence-corrected chi connectivity index (χ3v) is 3.51. The van der Waals surface area contributed by atoms with E-state index in [1.165, 1.54) is 17.9 Å². The number of rotatable bonds is 3. The van der Waals surface area contributed by atoms with Crippen LogP contribution in [0.1, 0.15) is 21.9 Å². The minimum absolute atomic E-state index is 0.242. The predicted molar refractivity (Wildman–Crippen MR) is 78.0 cm³/mol. The number of pyridine rings is 1. The van der Waals surface area contributed by atoms with Crippen molar-refractivity contribution in [2.75, 3.05) is 7.11 Å². The van der Waals surface area contributed by atoms with Gasteiger partial charge in [-0.05, 0) is 18.4 Å². The molecule has 0 saturated carbocycles. The number of esters is 1. The van der Waals surface area contributed by atoms with Gasteiger partial charge in [-0.2, -0.15) is 0 Å². The lowest BCUT2D eigenvalue weighted by Gasteiger charge is -1.98. The molecular formula is C17H16NO3+. The Hall–Kier alpha value is -2.62. The standard InChI is InChI=1S/C17H16NO3/c1-12-15(9-16(21-12)17(19)20-2)11-18-8-7-13-5-3-4-6-14(13)10-18/h3-10H,11H2,1-2H3/q+1. The third-order valence-electron chi connectivity index (χ3n) is 3.51. The van der Waals surface area contributed by atoms with Crippen LogP contribution in [0.2, 0.25) is 0 Å². The van der Waals surface area contributed by atoms with Crippen molar-refractivity contribution < 1.29 is 18.5 Å². The second-order valence-corrected chi connectivity index (χ2v) is 4.93. The quantitative estimate of drug-likeness (QED) is 0.548. The smallest absolute Gasteiger partial charge is 0.373 e. The minimum atomic E-state index is -0.451. The topological polar surface area (TPSA) is 43.3 Å². The highest BCUT2D eigenvalue weighted by Gasteiger charge is 2.17. The monoisotopic (exact) mass is 282 g/mol. The molecule has 1 aromatic carbocycles. The van der Waals surface area contributed by atoms with Gasteiger partial charge in [-0.25, -0.2) is 9.36 Å². The molecule has 3 rings (SSSR count). The van der Waals surface area contributed by atoms with E-state index in [9.17, 15) is 4.79 Å². The summed E-state index contributed by atoms with van der Waals surface area (Å²) in [7, 11) is 1.35. The van der Waals surface area contributed by atoms with E-state index in [0.29, 0.717) is 6.54 Å². The Morgan fingerprint density at radius 1 is 1.24 bits per heavy atom. The van der Waals surface area contributed by atoms with Crippen molar-refractivity contribution in [3.63, 3.8) is 0 Å². The minimum Gasteiger partial charge on any atom is -0.463 e. The molecule has 0 amide bonds. The highest BCUT2D eigenvalue weighted by molar-refractivity contribution is 5.86. The summed E-state index contributed by atoms with van der Waals surface area (Å²) < 4.78 is 12.2. The van der Waals surface area contributed by atoms with Crippen molar-refractivity contribution in [1.29, 1.82) is 0 Å². The maximum atomic E-state index is 11.5. The first-order valence-electron chi connectivity index (χ1n) is 6.73. The van der Waals surface area contributed by atoms with E-state index in [4.69, 9.17) is 4.42 Å². The van der Waals surface area contributed by atoms with E-state index in [0.717, 1.165) is 11.3 Å². The van der Waals surface area contributed by atoms with Crippen molar-refractivity contribution in [2.24, 2.45) is 0 Å². The maximum Gasteiger partial charge on any atom is 0.373 e. The van der Waals surface area contributed by atoms with Crippen LogP contribution in [0.3, 0.4) is 0 Å². The zero-order valence-corrected chi connectivity index (χ0v) is 12.0. The zero-order chi connectivity index (χ0) is 14.8. The molecule has 0 aliphatic heterocycles. The molecule has 21 heavy (non-hydrogen) atoms. The molecular weight excluding hydrogens is 266 g/mol. The van der Waals surface area contributed by atoms with Crippen LogP contribution in [0, 0.1) is 6.92 Å². The number of methoxy groups -OCH3 is 1. The Morgan fingerprint density at radius 3 is 2.76 bits per heavy atom. The first kappa shape index (κ1) is 13.4. The van der Waals surface area contributed by atoms with Crippen LogP contribution in [-0.2, 0) is 11.3 Å². The van der Waals surface area contributed by atoms with Gasteiger partial charge in [-0.1, -0.05) is 18.2 Å². The largest absolute Gasteiger partial charge is 0.463 e. The first-order valence-corrected chi connectivity index (χ1v) is 6.73. The van der Waals surface area contributed by atoms with Gasteiger partial charge in [0.2, 0.25) is 5.76 Å². The van der Waals surface area contributed by atoms with Crippen LogP contribution >= 0.6 is 0 Å². The molecule has 0 unspecified atom stereocenters. The number of ether oxygens (including phenoxy) is 1. The molecule has 0 N–H and O–H groups in total. The maximum absolute atomic E-state index is 11.5. The molecule has 106 valence electrons. The zero-order valence-electron chi connectivity index (χ0n) is 12.0. The first-order chi connectivity index (χ1) is 10.2. The molecule has 3 aromatic rings. The summed E-state index contributed by atoms with van der Waals surface area (Å²) in [5.74, 6) is 0.523. The van der Waals surface area contributed by atoms with Crippen molar-refractivity contribution in [3.05, 3.63) is 65.9 Å². The van der Waals surface area contributed by atoms with Crippen LogP contribution in [-0.4, -0.2) is 13.1 Å². The number of hydrogen-bond acceptors (Lipinski definition) is 3. The summed E-state index contributed by atoms with van der Waals surface area (Å²) in [4.78, 5) is 11.5. The van der Waals surface area contributed by atoms with Gasteiger partial charge in [0.15, 0.2) is 18.9 Å². The Balaban J connectivity index is 1.91. The van der Waals surface area contributed by atoms with Gasteiger partial charge < -0.3 is 9.15 Å². The molecule has 2 aromatic heterocycles. The molecule has 0 spiro atoms. The van der Waals surface area contributed by atoms with E-state index in [-0.39, 0.29) is 5.76 Å². The lowest BCUT2D eigenvalue weighted by Crippen LogP contribution is -2.33. The summed E-state index contributed by atoms with van der Waals surface area (Å²) in [6.07, 6.45) is 4.10. The number of aromatic nitrogens is 1. The van der Waals surface area contributed by atoms with E-state index in [1.54, 1.807) is 6.07 Å². The average molecular weight is 282 g/mol. The molecule has 0 aliphatic carbocycles. The number of nitrogens with zero attached hydrogens (tertiary/aromatic N) is 1. The normalized spacial score (nSPS) is 10.8. The number of carbonyl (C=O) groups is 1.